The van der Waals surface area contributed by atoms with E-state index in [1.807, 2.05) is 0 Å². The number of carboxylic acids is 2. The zero-order valence-corrected chi connectivity index (χ0v) is 10.5. The number of hydrazine groups is 1. The largest absolute Gasteiger partial charge is 0.480 e. The zero-order valence-electron chi connectivity index (χ0n) is 10.5. The molecule has 0 heterocycles. The van der Waals surface area contributed by atoms with Gasteiger partial charge in [-0.1, -0.05) is 0 Å². The Kier molecular flexibility index (Phi) is 9.00. The minimum atomic E-state index is -1.28. The molecule has 9 nitrogen and oxygen atoms in total. The van der Waals surface area contributed by atoms with E-state index in [4.69, 9.17) is 25.5 Å². The van der Waals surface area contributed by atoms with Gasteiger partial charge >= 0.3 is 11.9 Å². The zero-order chi connectivity index (χ0) is 14.8. The topological polar surface area (TPSA) is 142 Å². The first-order chi connectivity index (χ1) is 8.97. The molecule has 0 amide bonds. The van der Waals surface area contributed by atoms with Gasteiger partial charge in [0.15, 0.2) is 0 Å². The van der Waals surface area contributed by atoms with Crippen molar-refractivity contribution in [2.24, 2.45) is 0 Å². The molecule has 112 valence electrons. The van der Waals surface area contributed by atoms with Gasteiger partial charge in [-0.15, -0.1) is 0 Å². The molecule has 1 unspecified atom stereocenters. The second-order valence-corrected chi connectivity index (χ2v) is 3.76. The standard InChI is InChI=1S/C10H20N2O7/c13-4-1-8(10(18)19)12(7-9(16)17)11(2-5-14)3-6-15/h8,13-15H,1-7H2,(H,16,17)(H,18,19). The number of aliphatic carboxylic acids is 2. The van der Waals surface area contributed by atoms with Gasteiger partial charge in [-0.05, 0) is 6.42 Å². The second-order valence-electron chi connectivity index (χ2n) is 3.76. The van der Waals surface area contributed by atoms with Gasteiger partial charge in [-0.25, -0.2) is 10.0 Å². The highest BCUT2D eigenvalue weighted by Crippen LogP contribution is 2.09. The molecule has 19 heavy (non-hydrogen) atoms. The Balaban J connectivity index is 5.09. The van der Waals surface area contributed by atoms with Crippen LogP contribution in [0.1, 0.15) is 6.42 Å². The fourth-order valence-electron chi connectivity index (χ4n) is 1.67. The summed E-state index contributed by atoms with van der Waals surface area (Å²) >= 11 is 0. The van der Waals surface area contributed by atoms with E-state index in [2.05, 4.69) is 0 Å². The van der Waals surface area contributed by atoms with Crippen molar-refractivity contribution < 1.29 is 35.1 Å². The van der Waals surface area contributed by atoms with Crippen molar-refractivity contribution in [1.29, 1.82) is 0 Å². The Morgan fingerprint density at radius 2 is 1.47 bits per heavy atom. The van der Waals surface area contributed by atoms with E-state index in [9.17, 15) is 9.59 Å². The van der Waals surface area contributed by atoms with E-state index in [1.165, 1.54) is 5.01 Å². The van der Waals surface area contributed by atoms with Crippen molar-refractivity contribution in [3.8, 4) is 0 Å². The van der Waals surface area contributed by atoms with E-state index in [0.29, 0.717) is 0 Å². The van der Waals surface area contributed by atoms with E-state index >= 15 is 0 Å². The summed E-state index contributed by atoms with van der Waals surface area (Å²) < 4.78 is 0. The third kappa shape index (κ3) is 6.45. The SMILES string of the molecule is O=C(O)CN(C(CCO)C(=O)O)N(CCO)CCO. The number of carboxylic acid groups (broad SMARTS) is 2. The number of carbonyl (C=O) groups is 2. The molecule has 0 aliphatic rings. The maximum absolute atomic E-state index is 11.1. The average molecular weight is 280 g/mol. The highest BCUT2D eigenvalue weighted by Gasteiger charge is 2.31. The summed E-state index contributed by atoms with van der Waals surface area (Å²) in [5.74, 6) is -2.53. The third-order valence-corrected chi connectivity index (χ3v) is 2.42. The van der Waals surface area contributed by atoms with Gasteiger partial charge in [0, 0.05) is 19.7 Å². The molecule has 0 radical (unpaired) electrons. The Hall–Kier alpha value is -1.26. The second kappa shape index (κ2) is 9.64. The maximum atomic E-state index is 11.1. The summed E-state index contributed by atoms with van der Waals surface area (Å²) in [6.07, 6.45) is -0.157. The molecule has 0 aromatic rings. The molecule has 0 saturated heterocycles. The molecular weight excluding hydrogens is 260 g/mol. The van der Waals surface area contributed by atoms with Crippen LogP contribution in [0.15, 0.2) is 0 Å². The normalized spacial score (nSPS) is 12.9. The van der Waals surface area contributed by atoms with Crippen molar-refractivity contribution in [2.45, 2.75) is 12.5 Å². The van der Waals surface area contributed by atoms with Crippen molar-refractivity contribution >= 4 is 11.9 Å². The van der Waals surface area contributed by atoms with Gasteiger partial charge in [0.2, 0.25) is 0 Å². The Bertz CT molecular complexity index is 281. The first-order valence-corrected chi connectivity index (χ1v) is 5.76. The molecule has 0 rings (SSSR count). The summed E-state index contributed by atoms with van der Waals surface area (Å²) in [4.78, 5) is 21.9. The molecule has 0 aliphatic carbocycles. The lowest BCUT2D eigenvalue weighted by Gasteiger charge is -2.36. The molecule has 5 N–H and O–H groups in total. The Morgan fingerprint density at radius 1 is 0.947 bits per heavy atom. The smallest absolute Gasteiger partial charge is 0.322 e. The van der Waals surface area contributed by atoms with Gasteiger partial charge in [-0.3, -0.25) is 9.59 Å². The van der Waals surface area contributed by atoms with Crippen LogP contribution in [-0.2, 0) is 9.59 Å². The Labute approximate surface area is 110 Å². The molecule has 0 aliphatic heterocycles. The van der Waals surface area contributed by atoms with Gasteiger partial charge in [0.25, 0.3) is 0 Å². The van der Waals surface area contributed by atoms with Gasteiger partial charge in [-0.2, -0.15) is 0 Å². The predicted octanol–water partition coefficient (Wildman–Crippen LogP) is -2.59. The number of aliphatic hydroxyl groups is 3. The van der Waals surface area contributed by atoms with Crippen molar-refractivity contribution in [1.82, 2.24) is 10.0 Å². The van der Waals surface area contributed by atoms with Crippen LogP contribution in [0.25, 0.3) is 0 Å². The summed E-state index contributed by atoms with van der Waals surface area (Å²) in [6, 6.07) is -1.24. The van der Waals surface area contributed by atoms with Gasteiger partial charge in [0.05, 0.1) is 13.2 Å². The maximum Gasteiger partial charge on any atom is 0.322 e. The quantitative estimate of drug-likeness (QED) is 0.258. The Morgan fingerprint density at radius 3 is 1.79 bits per heavy atom. The summed E-state index contributed by atoms with van der Waals surface area (Å²) in [5.41, 5.74) is 0. The van der Waals surface area contributed by atoms with E-state index < -0.39 is 31.1 Å². The van der Waals surface area contributed by atoms with Crippen LogP contribution in [0.5, 0.6) is 0 Å². The molecule has 0 bridgehead atoms. The molecule has 0 aromatic heterocycles. The van der Waals surface area contributed by atoms with E-state index in [-0.39, 0.29) is 32.7 Å². The summed E-state index contributed by atoms with van der Waals surface area (Å²) in [5, 5.41) is 46.8. The minimum Gasteiger partial charge on any atom is -0.480 e. The predicted molar refractivity (Wildman–Crippen MR) is 63.2 cm³/mol. The lowest BCUT2D eigenvalue weighted by molar-refractivity contribution is -0.163. The minimum absolute atomic E-state index is 0.0109. The number of rotatable bonds is 11. The summed E-state index contributed by atoms with van der Waals surface area (Å²) in [6.45, 7) is -1.68. The van der Waals surface area contributed by atoms with Crippen LogP contribution in [0, 0.1) is 0 Å². The van der Waals surface area contributed by atoms with Crippen molar-refractivity contribution in [3.63, 3.8) is 0 Å². The highest BCUT2D eigenvalue weighted by atomic mass is 16.4. The van der Waals surface area contributed by atoms with E-state index in [0.717, 1.165) is 5.01 Å². The summed E-state index contributed by atoms with van der Waals surface area (Å²) in [7, 11) is 0. The van der Waals surface area contributed by atoms with E-state index in [1.54, 1.807) is 0 Å². The first kappa shape index (κ1) is 17.7. The average Bonchev–Trinajstić information content (AvgIpc) is 2.32. The van der Waals surface area contributed by atoms with Gasteiger partial charge in [0.1, 0.15) is 12.6 Å². The number of hydrogen-bond acceptors (Lipinski definition) is 7. The van der Waals surface area contributed by atoms with Crippen LogP contribution in [0.2, 0.25) is 0 Å². The first-order valence-electron chi connectivity index (χ1n) is 5.76. The third-order valence-electron chi connectivity index (χ3n) is 2.42. The molecule has 0 fully saturated rings. The highest BCUT2D eigenvalue weighted by molar-refractivity contribution is 5.75. The van der Waals surface area contributed by atoms with Crippen LogP contribution in [0.4, 0.5) is 0 Å². The molecule has 1 atom stereocenters. The molecule has 0 saturated carbocycles. The fraction of sp³-hybridized carbons (Fsp3) is 0.800. The van der Waals surface area contributed by atoms with Crippen molar-refractivity contribution in [3.05, 3.63) is 0 Å². The molecule has 0 aromatic carbocycles. The molecular formula is C10H20N2O7. The van der Waals surface area contributed by atoms with Crippen molar-refractivity contribution in [2.75, 3.05) is 39.5 Å². The number of hydrogen-bond donors (Lipinski definition) is 5. The van der Waals surface area contributed by atoms with Gasteiger partial charge < -0.3 is 25.5 Å². The molecule has 9 heteroatoms. The lowest BCUT2D eigenvalue weighted by Crippen LogP contribution is -2.55. The number of nitrogens with zero attached hydrogens (tertiary/aromatic N) is 2. The monoisotopic (exact) mass is 280 g/mol. The van der Waals surface area contributed by atoms with Crippen LogP contribution in [-0.4, -0.2) is 93.0 Å². The lowest BCUT2D eigenvalue weighted by atomic mass is 10.2. The van der Waals surface area contributed by atoms with Crippen LogP contribution in [0.3, 0.4) is 0 Å². The molecule has 0 spiro atoms. The van der Waals surface area contributed by atoms with Crippen LogP contribution < -0.4 is 0 Å². The number of aliphatic hydroxyl groups excluding tert-OH is 3. The fourth-order valence-corrected chi connectivity index (χ4v) is 1.67. The van der Waals surface area contributed by atoms with Crippen LogP contribution >= 0.6 is 0 Å².